The van der Waals surface area contributed by atoms with Gasteiger partial charge in [-0.15, -0.1) is 0 Å². The summed E-state index contributed by atoms with van der Waals surface area (Å²) < 4.78 is 1.80. The van der Waals surface area contributed by atoms with Crippen LogP contribution in [0.3, 0.4) is 0 Å². The number of aryl methyl sites for hydroxylation is 2. The van der Waals surface area contributed by atoms with E-state index in [0.29, 0.717) is 30.5 Å². The molecule has 2 amide bonds. The molecule has 1 aliphatic rings. The number of carbonyl (C=O) groups is 1. The lowest BCUT2D eigenvalue weighted by atomic mass is 10.2. The van der Waals surface area contributed by atoms with Crippen molar-refractivity contribution in [2.24, 2.45) is 0 Å². The van der Waals surface area contributed by atoms with Gasteiger partial charge in [-0.2, -0.15) is 5.10 Å². The molecule has 1 aromatic carbocycles. The second-order valence-corrected chi connectivity index (χ2v) is 7.81. The molecule has 1 N–H and O–H groups in total. The Morgan fingerprint density at radius 1 is 1.13 bits per heavy atom. The number of halogens is 1. The van der Waals surface area contributed by atoms with Crippen LogP contribution in [-0.4, -0.2) is 63.4 Å². The predicted molar refractivity (Wildman–Crippen MR) is 119 cm³/mol. The molecule has 4 rings (SSSR count). The monoisotopic (exact) mass is 427 g/mol. The predicted octanol–water partition coefficient (Wildman–Crippen LogP) is 3.33. The van der Waals surface area contributed by atoms with Crippen LogP contribution in [0.15, 0.2) is 24.3 Å². The average Bonchev–Trinajstić information content (AvgIpc) is 2.90. The van der Waals surface area contributed by atoms with Gasteiger partial charge in [0.15, 0.2) is 5.65 Å². The smallest absolute Gasteiger partial charge is 0.317 e. The number of amides is 2. The Balaban J connectivity index is 1.74. The van der Waals surface area contributed by atoms with Crippen molar-refractivity contribution in [3.05, 3.63) is 40.8 Å². The lowest BCUT2D eigenvalue weighted by Crippen LogP contribution is -2.42. The SMILES string of the molecule is CCNC(=O)N1CCCN(c2nc(C)nc3c2c(C)nn3-c2ccccc2Cl)CC1. The summed E-state index contributed by atoms with van der Waals surface area (Å²) in [7, 11) is 0. The van der Waals surface area contributed by atoms with Gasteiger partial charge in [0.25, 0.3) is 0 Å². The van der Waals surface area contributed by atoms with Gasteiger partial charge in [0.05, 0.1) is 21.8 Å². The fourth-order valence-corrected chi connectivity index (χ4v) is 4.10. The number of anilines is 1. The van der Waals surface area contributed by atoms with E-state index in [0.717, 1.165) is 47.7 Å². The minimum atomic E-state index is -0.00825. The van der Waals surface area contributed by atoms with Crippen molar-refractivity contribution in [2.45, 2.75) is 27.2 Å². The summed E-state index contributed by atoms with van der Waals surface area (Å²) in [6.45, 7) is 9.32. The summed E-state index contributed by atoms with van der Waals surface area (Å²) in [6, 6.07) is 7.60. The van der Waals surface area contributed by atoms with Gasteiger partial charge in [-0.3, -0.25) is 0 Å². The van der Waals surface area contributed by atoms with Crippen LogP contribution < -0.4 is 10.2 Å². The highest BCUT2D eigenvalue weighted by atomic mass is 35.5. The molecule has 0 radical (unpaired) electrons. The number of benzene rings is 1. The second kappa shape index (κ2) is 8.47. The van der Waals surface area contributed by atoms with E-state index in [1.165, 1.54) is 0 Å². The molecule has 1 aliphatic heterocycles. The van der Waals surface area contributed by atoms with Crippen LogP contribution in [0.1, 0.15) is 24.9 Å². The van der Waals surface area contributed by atoms with Gasteiger partial charge >= 0.3 is 6.03 Å². The Morgan fingerprint density at radius 3 is 2.70 bits per heavy atom. The van der Waals surface area contributed by atoms with Gasteiger partial charge < -0.3 is 15.1 Å². The van der Waals surface area contributed by atoms with Gasteiger partial charge in [-0.1, -0.05) is 23.7 Å². The number of para-hydroxylation sites is 1. The molecule has 0 unspecified atom stereocenters. The maximum absolute atomic E-state index is 12.3. The van der Waals surface area contributed by atoms with E-state index < -0.39 is 0 Å². The Labute approximate surface area is 180 Å². The normalized spacial score (nSPS) is 14.8. The minimum absolute atomic E-state index is 0.00825. The Hall–Kier alpha value is -2.87. The number of hydrogen-bond donors (Lipinski definition) is 1. The quantitative estimate of drug-likeness (QED) is 0.693. The third kappa shape index (κ3) is 3.79. The summed E-state index contributed by atoms with van der Waals surface area (Å²) in [5.41, 5.74) is 2.39. The van der Waals surface area contributed by atoms with Crippen LogP contribution >= 0.6 is 11.6 Å². The number of hydrogen-bond acceptors (Lipinski definition) is 5. The van der Waals surface area contributed by atoms with Crippen molar-refractivity contribution < 1.29 is 4.79 Å². The first-order chi connectivity index (χ1) is 14.5. The lowest BCUT2D eigenvalue weighted by Gasteiger charge is -2.23. The van der Waals surface area contributed by atoms with E-state index in [2.05, 4.69) is 15.2 Å². The van der Waals surface area contributed by atoms with Crippen LogP contribution in [0.25, 0.3) is 16.7 Å². The number of carbonyl (C=O) groups excluding carboxylic acids is 1. The molecule has 1 saturated heterocycles. The average molecular weight is 428 g/mol. The van der Waals surface area contributed by atoms with E-state index in [1.807, 2.05) is 49.9 Å². The van der Waals surface area contributed by atoms with Gasteiger partial charge in [0, 0.05) is 32.7 Å². The van der Waals surface area contributed by atoms with E-state index in [-0.39, 0.29) is 6.03 Å². The van der Waals surface area contributed by atoms with Crippen LogP contribution in [0.5, 0.6) is 0 Å². The second-order valence-electron chi connectivity index (χ2n) is 7.40. The molecule has 2 aromatic heterocycles. The zero-order chi connectivity index (χ0) is 21.3. The summed E-state index contributed by atoms with van der Waals surface area (Å²) in [5, 5.41) is 9.17. The fourth-order valence-electron chi connectivity index (χ4n) is 3.88. The van der Waals surface area contributed by atoms with Gasteiger partial charge in [0.1, 0.15) is 11.6 Å². The molecule has 3 heterocycles. The maximum Gasteiger partial charge on any atom is 0.317 e. The number of aromatic nitrogens is 4. The highest BCUT2D eigenvalue weighted by Crippen LogP contribution is 2.31. The fraction of sp³-hybridized carbons (Fsp3) is 0.429. The number of nitrogens with one attached hydrogen (secondary N) is 1. The third-order valence-corrected chi connectivity index (χ3v) is 5.61. The van der Waals surface area contributed by atoms with Crippen molar-refractivity contribution >= 4 is 34.5 Å². The first-order valence-corrected chi connectivity index (χ1v) is 10.6. The first kappa shape index (κ1) is 20.4. The van der Waals surface area contributed by atoms with E-state index >= 15 is 0 Å². The number of fused-ring (bicyclic) bond motifs is 1. The van der Waals surface area contributed by atoms with Gasteiger partial charge in [0.2, 0.25) is 0 Å². The summed E-state index contributed by atoms with van der Waals surface area (Å²) in [4.78, 5) is 25.8. The topological polar surface area (TPSA) is 79.2 Å². The molecule has 1 fully saturated rings. The van der Waals surface area contributed by atoms with Crippen LogP contribution in [0, 0.1) is 13.8 Å². The Bertz CT molecular complexity index is 1080. The van der Waals surface area contributed by atoms with Crippen molar-refractivity contribution in [2.75, 3.05) is 37.6 Å². The van der Waals surface area contributed by atoms with E-state index in [1.54, 1.807) is 4.68 Å². The molecule has 0 saturated carbocycles. The maximum atomic E-state index is 12.3. The summed E-state index contributed by atoms with van der Waals surface area (Å²) in [6.07, 6.45) is 0.874. The van der Waals surface area contributed by atoms with Crippen LogP contribution in [0.4, 0.5) is 10.6 Å². The van der Waals surface area contributed by atoms with Crippen LogP contribution in [0.2, 0.25) is 5.02 Å². The molecule has 158 valence electrons. The molecule has 30 heavy (non-hydrogen) atoms. The van der Waals surface area contributed by atoms with Crippen molar-refractivity contribution in [1.82, 2.24) is 30.0 Å². The molecule has 3 aromatic rings. The lowest BCUT2D eigenvalue weighted by molar-refractivity contribution is 0.202. The highest BCUT2D eigenvalue weighted by molar-refractivity contribution is 6.32. The molecule has 0 atom stereocenters. The molecule has 8 nitrogen and oxygen atoms in total. The number of urea groups is 1. The third-order valence-electron chi connectivity index (χ3n) is 5.29. The summed E-state index contributed by atoms with van der Waals surface area (Å²) in [5.74, 6) is 1.54. The van der Waals surface area contributed by atoms with Crippen molar-refractivity contribution in [1.29, 1.82) is 0 Å². The van der Waals surface area contributed by atoms with Crippen molar-refractivity contribution in [3.63, 3.8) is 0 Å². The standard InChI is InChI=1S/C21H26ClN7O/c1-4-23-21(30)28-11-7-10-27(12-13-28)19-18-14(2)26-29(20(18)25-15(3)24-19)17-9-6-5-8-16(17)22/h5-6,8-9H,4,7,10-13H2,1-3H3,(H,23,30). The van der Waals surface area contributed by atoms with Crippen molar-refractivity contribution in [3.8, 4) is 5.69 Å². The Kier molecular flexibility index (Phi) is 5.76. The molecule has 0 spiro atoms. The highest BCUT2D eigenvalue weighted by Gasteiger charge is 2.24. The number of nitrogens with zero attached hydrogens (tertiary/aromatic N) is 6. The molecule has 0 bridgehead atoms. The minimum Gasteiger partial charge on any atom is -0.354 e. The first-order valence-electron chi connectivity index (χ1n) is 10.3. The van der Waals surface area contributed by atoms with Gasteiger partial charge in [-0.25, -0.2) is 19.4 Å². The van der Waals surface area contributed by atoms with E-state index in [9.17, 15) is 4.79 Å². The summed E-state index contributed by atoms with van der Waals surface area (Å²) >= 11 is 6.43. The Morgan fingerprint density at radius 2 is 1.93 bits per heavy atom. The molecule has 9 heteroatoms. The molecular formula is C21H26ClN7O. The van der Waals surface area contributed by atoms with Gasteiger partial charge in [-0.05, 0) is 39.3 Å². The zero-order valence-corrected chi connectivity index (χ0v) is 18.3. The number of rotatable bonds is 3. The largest absolute Gasteiger partial charge is 0.354 e. The molecule has 0 aliphatic carbocycles. The molecular weight excluding hydrogens is 402 g/mol. The zero-order valence-electron chi connectivity index (χ0n) is 17.5. The van der Waals surface area contributed by atoms with Crippen LogP contribution in [-0.2, 0) is 0 Å². The van der Waals surface area contributed by atoms with E-state index in [4.69, 9.17) is 21.7 Å².